The number of non-ortho nitro benzene ring substituents is 1. The van der Waals surface area contributed by atoms with Crippen LogP contribution in [0.5, 0.6) is 0 Å². The van der Waals surface area contributed by atoms with Crippen molar-refractivity contribution >= 4 is 35.3 Å². The van der Waals surface area contributed by atoms with Crippen LogP contribution in [0, 0.1) is 10.1 Å². The van der Waals surface area contributed by atoms with Gasteiger partial charge in [-0.1, -0.05) is 12.1 Å². The third kappa shape index (κ3) is 4.89. The average Bonchev–Trinajstić information content (AvgIpc) is 3.04. The highest BCUT2D eigenvalue weighted by molar-refractivity contribution is 7.80. The lowest BCUT2D eigenvalue weighted by Gasteiger charge is -2.31. The van der Waals surface area contributed by atoms with E-state index < -0.39 is 0 Å². The molecule has 0 radical (unpaired) electrons. The van der Waals surface area contributed by atoms with Crippen molar-refractivity contribution in [3.63, 3.8) is 0 Å². The Morgan fingerprint density at radius 1 is 1.37 bits per heavy atom. The molecule has 0 atom stereocenters. The van der Waals surface area contributed by atoms with Crippen LogP contribution in [0.1, 0.15) is 18.4 Å². The third-order valence-electron chi connectivity index (χ3n) is 4.42. The van der Waals surface area contributed by atoms with Crippen molar-refractivity contribution in [2.45, 2.75) is 12.8 Å². The van der Waals surface area contributed by atoms with Gasteiger partial charge < -0.3 is 15.4 Å². The van der Waals surface area contributed by atoms with Crippen molar-refractivity contribution in [2.75, 3.05) is 26.3 Å². The van der Waals surface area contributed by atoms with Crippen LogP contribution >= 0.6 is 12.2 Å². The molecule has 142 valence electrons. The molecule has 1 aromatic carbocycles. The maximum atomic E-state index is 11.0. The van der Waals surface area contributed by atoms with Gasteiger partial charge in [0.2, 0.25) is 0 Å². The predicted molar refractivity (Wildman–Crippen MR) is 108 cm³/mol. The predicted octanol–water partition coefficient (Wildman–Crippen LogP) is 2.18. The van der Waals surface area contributed by atoms with E-state index in [1.54, 1.807) is 18.3 Å². The summed E-state index contributed by atoms with van der Waals surface area (Å²) >= 11 is 4.78. The zero-order chi connectivity index (χ0) is 19.2. The number of nitro groups is 1. The number of nitrogens with two attached hydrogens (primary N) is 1. The minimum absolute atomic E-state index is 0.0849. The van der Waals surface area contributed by atoms with Gasteiger partial charge in [0.05, 0.1) is 24.4 Å². The number of nitrogens with one attached hydrogen (secondary N) is 1. The minimum Gasteiger partial charge on any atom is -0.378 e. The molecule has 0 aromatic heterocycles. The van der Waals surface area contributed by atoms with Gasteiger partial charge in [0.1, 0.15) is 0 Å². The van der Waals surface area contributed by atoms with Gasteiger partial charge in [-0.3, -0.25) is 15.5 Å². The Bertz CT molecular complexity index is 828. The molecule has 1 heterocycles. The van der Waals surface area contributed by atoms with E-state index in [2.05, 4.69) is 15.4 Å². The van der Waals surface area contributed by atoms with Crippen molar-refractivity contribution in [1.29, 1.82) is 0 Å². The van der Waals surface area contributed by atoms with Crippen LogP contribution in [-0.4, -0.2) is 47.5 Å². The molecule has 1 aliphatic heterocycles. The molecule has 9 heteroatoms. The fourth-order valence-electron chi connectivity index (χ4n) is 3.27. The number of hydrogen-bond donors (Lipinski definition) is 2. The Labute approximate surface area is 162 Å². The van der Waals surface area contributed by atoms with Crippen molar-refractivity contribution in [1.82, 2.24) is 10.3 Å². The van der Waals surface area contributed by atoms with Gasteiger partial charge in [0.25, 0.3) is 5.69 Å². The molecular weight excluding hydrogens is 366 g/mol. The maximum Gasteiger partial charge on any atom is 0.270 e. The van der Waals surface area contributed by atoms with E-state index in [9.17, 15) is 10.1 Å². The molecule has 3 N–H and O–H groups in total. The fourth-order valence-corrected chi connectivity index (χ4v) is 3.33. The molecular formula is C18H21N5O3S. The van der Waals surface area contributed by atoms with Crippen molar-refractivity contribution in [2.24, 2.45) is 10.8 Å². The van der Waals surface area contributed by atoms with E-state index in [-0.39, 0.29) is 15.7 Å². The molecule has 1 fully saturated rings. The van der Waals surface area contributed by atoms with E-state index in [4.69, 9.17) is 22.7 Å². The average molecular weight is 387 g/mol. The van der Waals surface area contributed by atoms with Gasteiger partial charge in [-0.15, -0.1) is 0 Å². The largest absolute Gasteiger partial charge is 0.378 e. The molecule has 0 saturated carbocycles. The first kappa shape index (κ1) is 19.0. The lowest BCUT2D eigenvalue weighted by Crippen LogP contribution is -2.36. The SMILES string of the molecule is NC(=S)N/N=C\C1=C(N2CCOCC2)C(=C/c2cccc([N+](=O)[O-])c2)/CC1. The first-order valence-corrected chi connectivity index (χ1v) is 9.05. The summed E-state index contributed by atoms with van der Waals surface area (Å²) in [6.07, 6.45) is 5.43. The second kappa shape index (κ2) is 8.74. The van der Waals surface area contributed by atoms with Gasteiger partial charge >= 0.3 is 0 Å². The Morgan fingerprint density at radius 2 is 2.15 bits per heavy atom. The summed E-state index contributed by atoms with van der Waals surface area (Å²) in [5, 5.41) is 15.3. The van der Waals surface area contributed by atoms with Gasteiger partial charge in [0.15, 0.2) is 5.11 Å². The zero-order valence-corrected chi connectivity index (χ0v) is 15.6. The Hall–Kier alpha value is -2.78. The Kier molecular flexibility index (Phi) is 6.15. The van der Waals surface area contributed by atoms with Crippen LogP contribution in [0.15, 0.2) is 46.2 Å². The van der Waals surface area contributed by atoms with Crippen molar-refractivity contribution in [3.8, 4) is 0 Å². The van der Waals surface area contributed by atoms with Crippen LogP contribution < -0.4 is 11.2 Å². The van der Waals surface area contributed by atoms with E-state index in [0.717, 1.165) is 48.3 Å². The first-order valence-electron chi connectivity index (χ1n) is 8.64. The summed E-state index contributed by atoms with van der Waals surface area (Å²) < 4.78 is 5.46. The summed E-state index contributed by atoms with van der Waals surface area (Å²) in [4.78, 5) is 12.9. The molecule has 0 spiro atoms. The lowest BCUT2D eigenvalue weighted by atomic mass is 10.1. The van der Waals surface area contributed by atoms with Crippen LogP contribution in [0.3, 0.4) is 0 Å². The monoisotopic (exact) mass is 387 g/mol. The maximum absolute atomic E-state index is 11.0. The number of thiocarbonyl (C=S) groups is 1. The number of hydrogen-bond acceptors (Lipinski definition) is 6. The Morgan fingerprint density at radius 3 is 2.85 bits per heavy atom. The molecule has 1 aromatic rings. The fraction of sp³-hybridized carbons (Fsp3) is 0.333. The van der Waals surface area contributed by atoms with Crippen molar-refractivity contribution < 1.29 is 9.66 Å². The quantitative estimate of drug-likeness (QED) is 0.345. The van der Waals surface area contributed by atoms with Gasteiger partial charge in [-0.05, 0) is 47.8 Å². The Balaban J connectivity index is 1.94. The molecule has 2 aliphatic rings. The van der Waals surface area contributed by atoms with Gasteiger partial charge in [-0.2, -0.15) is 5.10 Å². The number of ether oxygens (including phenoxy) is 1. The third-order valence-corrected chi connectivity index (χ3v) is 4.51. The molecule has 0 amide bonds. The normalized spacial score (nSPS) is 19.1. The molecule has 3 rings (SSSR count). The van der Waals surface area contributed by atoms with Gasteiger partial charge in [0, 0.05) is 30.9 Å². The number of hydrazone groups is 1. The first-order chi connectivity index (χ1) is 13.0. The molecule has 1 saturated heterocycles. The topological polar surface area (TPSA) is 106 Å². The number of nitro benzene ring substituents is 1. The van der Waals surface area contributed by atoms with Gasteiger partial charge in [-0.25, -0.2) is 0 Å². The number of allylic oxidation sites excluding steroid dienone is 2. The summed E-state index contributed by atoms with van der Waals surface area (Å²) in [6, 6.07) is 6.66. The number of nitrogens with zero attached hydrogens (tertiary/aromatic N) is 3. The second-order valence-electron chi connectivity index (χ2n) is 6.23. The number of rotatable bonds is 5. The number of morpholine rings is 1. The van der Waals surface area contributed by atoms with E-state index >= 15 is 0 Å². The standard InChI is InChI=1S/C18H21N5O3S/c19-18(27)21-20-12-15-5-4-14(17(15)22-6-8-26-9-7-22)10-13-2-1-3-16(11-13)23(24)25/h1-3,10-12H,4-9H2,(H3,19,21,27)/b14-10+,20-12-. The minimum atomic E-state index is -0.380. The summed E-state index contributed by atoms with van der Waals surface area (Å²) in [5.74, 6) is 0. The van der Waals surface area contributed by atoms with Crippen LogP contribution in [0.4, 0.5) is 5.69 Å². The van der Waals surface area contributed by atoms with Crippen LogP contribution in [0.2, 0.25) is 0 Å². The zero-order valence-electron chi connectivity index (χ0n) is 14.8. The highest BCUT2D eigenvalue weighted by atomic mass is 32.1. The molecule has 27 heavy (non-hydrogen) atoms. The highest BCUT2D eigenvalue weighted by Gasteiger charge is 2.25. The summed E-state index contributed by atoms with van der Waals surface area (Å²) in [7, 11) is 0. The summed E-state index contributed by atoms with van der Waals surface area (Å²) in [6.45, 7) is 2.93. The molecule has 0 unspecified atom stereocenters. The highest BCUT2D eigenvalue weighted by Crippen LogP contribution is 2.35. The smallest absolute Gasteiger partial charge is 0.270 e. The molecule has 8 nitrogen and oxygen atoms in total. The molecule has 1 aliphatic carbocycles. The number of benzene rings is 1. The van der Waals surface area contributed by atoms with Crippen LogP contribution in [-0.2, 0) is 4.74 Å². The van der Waals surface area contributed by atoms with E-state index in [1.807, 2.05) is 12.1 Å². The van der Waals surface area contributed by atoms with E-state index in [1.165, 1.54) is 6.07 Å². The molecule has 0 bridgehead atoms. The summed E-state index contributed by atoms with van der Waals surface area (Å²) in [5.41, 5.74) is 12.2. The lowest BCUT2D eigenvalue weighted by molar-refractivity contribution is -0.384. The second-order valence-corrected chi connectivity index (χ2v) is 6.67. The van der Waals surface area contributed by atoms with E-state index in [0.29, 0.717) is 13.2 Å². The van der Waals surface area contributed by atoms with Crippen LogP contribution in [0.25, 0.3) is 6.08 Å². The van der Waals surface area contributed by atoms with Crippen molar-refractivity contribution in [3.05, 3.63) is 56.8 Å².